The number of carbonyl (C=O) groups is 1. The van der Waals surface area contributed by atoms with Gasteiger partial charge in [0.15, 0.2) is 11.8 Å². The molecule has 1 aliphatic carbocycles. The number of nitrogens with zero attached hydrogens (tertiary/aromatic N) is 1. The molecule has 0 aromatic heterocycles. The number of allylic oxidation sites excluding steroid dienone is 1. The van der Waals surface area contributed by atoms with Crippen LogP contribution in [0, 0.1) is 11.3 Å². The zero-order valence-corrected chi connectivity index (χ0v) is 13.3. The molecule has 4 heterocycles. The predicted octanol–water partition coefficient (Wildman–Crippen LogP) is 1.98. The molecule has 0 radical (unpaired) electrons. The first-order valence-electron chi connectivity index (χ1n) is 8.24. The monoisotopic (exact) mass is 292 g/mol. The first-order chi connectivity index (χ1) is 9.74. The maximum absolute atomic E-state index is 12.5. The fraction of sp³-hybridized carbons (Fsp3) is 0.824. The standard InChI is InChI=1S/C17H26NO3/c1-16(2)9-13(19)12-8-15-17(20,21-14(12)10-16)11-4-6-18(15,3)7-5-11/h11,15,20H,4-10H2,1-3H3/q+1. The highest BCUT2D eigenvalue weighted by Crippen LogP contribution is 2.53. The van der Waals surface area contributed by atoms with Crippen LogP contribution in [-0.2, 0) is 9.53 Å². The fourth-order valence-electron chi connectivity index (χ4n) is 5.14. The van der Waals surface area contributed by atoms with Crippen molar-refractivity contribution in [1.29, 1.82) is 0 Å². The van der Waals surface area contributed by atoms with E-state index in [4.69, 9.17) is 4.74 Å². The van der Waals surface area contributed by atoms with Crippen molar-refractivity contribution in [3.63, 3.8) is 0 Å². The van der Waals surface area contributed by atoms with Gasteiger partial charge in [-0.25, -0.2) is 0 Å². The number of quaternary nitrogens is 1. The normalized spacial score (nSPS) is 47.7. The van der Waals surface area contributed by atoms with Crippen molar-refractivity contribution in [2.75, 3.05) is 20.1 Å². The molecule has 21 heavy (non-hydrogen) atoms. The van der Waals surface area contributed by atoms with Gasteiger partial charge < -0.3 is 14.3 Å². The molecule has 5 rings (SSSR count). The van der Waals surface area contributed by atoms with Crippen molar-refractivity contribution in [1.82, 2.24) is 0 Å². The van der Waals surface area contributed by atoms with Gasteiger partial charge in [-0.2, -0.15) is 0 Å². The van der Waals surface area contributed by atoms with Gasteiger partial charge in [-0.15, -0.1) is 0 Å². The Morgan fingerprint density at radius 1 is 1.24 bits per heavy atom. The van der Waals surface area contributed by atoms with E-state index in [1.165, 1.54) is 0 Å². The van der Waals surface area contributed by atoms with Gasteiger partial charge >= 0.3 is 0 Å². The summed E-state index contributed by atoms with van der Waals surface area (Å²) in [5, 5.41) is 11.3. The molecule has 2 unspecified atom stereocenters. The molecular formula is C17H26NO3+. The van der Waals surface area contributed by atoms with Crippen LogP contribution >= 0.6 is 0 Å². The van der Waals surface area contributed by atoms with E-state index in [1.54, 1.807) is 0 Å². The van der Waals surface area contributed by atoms with Crippen molar-refractivity contribution in [3.8, 4) is 0 Å². The van der Waals surface area contributed by atoms with Crippen molar-refractivity contribution in [3.05, 3.63) is 11.3 Å². The van der Waals surface area contributed by atoms with Crippen LogP contribution in [0.2, 0.25) is 0 Å². The quantitative estimate of drug-likeness (QED) is 0.694. The van der Waals surface area contributed by atoms with Gasteiger partial charge in [0.1, 0.15) is 5.76 Å². The van der Waals surface area contributed by atoms with Crippen molar-refractivity contribution >= 4 is 5.78 Å². The fourth-order valence-corrected chi connectivity index (χ4v) is 5.14. The highest BCUT2D eigenvalue weighted by Gasteiger charge is 2.65. The molecule has 2 bridgehead atoms. The molecule has 0 aromatic carbocycles. The van der Waals surface area contributed by atoms with E-state index < -0.39 is 5.79 Å². The average Bonchev–Trinajstić information content (AvgIpc) is 2.35. The van der Waals surface area contributed by atoms with Crippen molar-refractivity contribution < 1.29 is 19.1 Å². The van der Waals surface area contributed by atoms with E-state index in [2.05, 4.69) is 20.9 Å². The summed E-state index contributed by atoms with van der Waals surface area (Å²) in [4.78, 5) is 12.5. The summed E-state index contributed by atoms with van der Waals surface area (Å²) in [5.41, 5.74) is 0.821. The molecule has 4 heteroatoms. The summed E-state index contributed by atoms with van der Waals surface area (Å²) in [5.74, 6) is 0.210. The van der Waals surface area contributed by atoms with Crippen molar-refractivity contribution in [2.24, 2.45) is 11.3 Å². The number of hydrogen-bond acceptors (Lipinski definition) is 3. The van der Waals surface area contributed by atoms with Crippen LogP contribution in [0.1, 0.15) is 46.0 Å². The first-order valence-corrected chi connectivity index (χ1v) is 8.24. The van der Waals surface area contributed by atoms with Gasteiger partial charge in [0, 0.05) is 43.6 Å². The Morgan fingerprint density at radius 2 is 1.90 bits per heavy atom. The second-order valence-corrected chi connectivity index (χ2v) is 8.62. The highest BCUT2D eigenvalue weighted by atomic mass is 16.6. The lowest BCUT2D eigenvalue weighted by Crippen LogP contribution is -2.75. The van der Waals surface area contributed by atoms with Crippen LogP contribution in [0.3, 0.4) is 0 Å². The Kier molecular flexibility index (Phi) is 2.56. The lowest BCUT2D eigenvalue weighted by atomic mass is 9.68. The Balaban J connectivity index is 1.77. The molecule has 0 spiro atoms. The average molecular weight is 292 g/mol. The number of aliphatic hydroxyl groups is 1. The third-order valence-corrected chi connectivity index (χ3v) is 6.43. The van der Waals surface area contributed by atoms with Gasteiger partial charge in [0.2, 0.25) is 0 Å². The van der Waals surface area contributed by atoms with Gasteiger partial charge in [0.25, 0.3) is 5.79 Å². The minimum atomic E-state index is -1.04. The summed E-state index contributed by atoms with van der Waals surface area (Å²) < 4.78 is 7.05. The number of rotatable bonds is 0. The summed E-state index contributed by atoms with van der Waals surface area (Å²) in [6.45, 7) is 6.42. The van der Waals surface area contributed by atoms with E-state index in [1.807, 2.05) is 0 Å². The predicted molar refractivity (Wildman–Crippen MR) is 78.1 cm³/mol. The van der Waals surface area contributed by atoms with Gasteiger partial charge in [-0.05, 0) is 5.41 Å². The first kappa shape index (κ1) is 13.8. The van der Waals surface area contributed by atoms with E-state index in [0.717, 1.165) is 48.2 Å². The topological polar surface area (TPSA) is 46.5 Å². The molecule has 0 aromatic rings. The number of ketones is 1. The molecule has 0 amide bonds. The molecule has 116 valence electrons. The van der Waals surface area contributed by atoms with Crippen LogP contribution in [-0.4, -0.2) is 47.3 Å². The smallest absolute Gasteiger partial charge is 0.263 e. The summed E-state index contributed by atoms with van der Waals surface area (Å²) >= 11 is 0. The molecule has 4 aliphatic heterocycles. The number of fused-ring (bicyclic) bond motifs is 2. The molecule has 1 N–H and O–H groups in total. The van der Waals surface area contributed by atoms with Crippen LogP contribution < -0.4 is 0 Å². The van der Waals surface area contributed by atoms with Crippen molar-refractivity contribution in [2.45, 2.75) is 57.8 Å². The third kappa shape index (κ3) is 1.78. The van der Waals surface area contributed by atoms with E-state index >= 15 is 0 Å². The molecule has 0 saturated carbocycles. The number of Topliss-reactive ketones (excluding diaryl/α,β-unsaturated/α-hetero) is 1. The van der Waals surface area contributed by atoms with Crippen LogP contribution in [0.4, 0.5) is 0 Å². The summed E-state index contributed by atoms with van der Waals surface area (Å²) in [6, 6.07) is 0.0360. The molecular weight excluding hydrogens is 266 g/mol. The second-order valence-electron chi connectivity index (χ2n) is 8.62. The Morgan fingerprint density at radius 3 is 2.57 bits per heavy atom. The molecule has 3 fully saturated rings. The maximum atomic E-state index is 12.5. The Labute approximate surface area is 126 Å². The minimum absolute atomic E-state index is 0.0360. The molecule has 3 saturated heterocycles. The number of carbonyl (C=O) groups excluding carboxylic acids is 1. The van der Waals surface area contributed by atoms with Gasteiger partial charge in [-0.1, -0.05) is 13.8 Å². The van der Waals surface area contributed by atoms with Gasteiger partial charge in [0.05, 0.1) is 20.1 Å². The zero-order chi connectivity index (χ0) is 15.0. The number of hydrogen-bond donors (Lipinski definition) is 1. The van der Waals surface area contributed by atoms with E-state index in [-0.39, 0.29) is 23.2 Å². The molecule has 4 nitrogen and oxygen atoms in total. The van der Waals surface area contributed by atoms with E-state index in [0.29, 0.717) is 12.8 Å². The number of ether oxygens (including phenoxy) is 1. The Bertz CT molecular complexity index is 542. The number of piperidine rings is 3. The minimum Gasteiger partial charge on any atom is -0.460 e. The van der Waals surface area contributed by atoms with Crippen LogP contribution in [0.25, 0.3) is 0 Å². The van der Waals surface area contributed by atoms with Gasteiger partial charge in [-0.3, -0.25) is 4.79 Å². The zero-order valence-electron chi connectivity index (χ0n) is 13.3. The third-order valence-electron chi connectivity index (χ3n) is 6.43. The largest absolute Gasteiger partial charge is 0.460 e. The van der Waals surface area contributed by atoms with E-state index in [9.17, 15) is 9.90 Å². The lowest BCUT2D eigenvalue weighted by Gasteiger charge is -2.61. The SMILES string of the molecule is CC1(C)CC(=O)C2=C(C1)OC1(O)C3CC[N+](C)(CC3)C1C2. The highest BCUT2D eigenvalue weighted by molar-refractivity contribution is 5.97. The van der Waals surface area contributed by atoms with Crippen LogP contribution in [0.15, 0.2) is 11.3 Å². The second kappa shape index (κ2) is 3.90. The van der Waals surface area contributed by atoms with Crippen LogP contribution in [0.5, 0.6) is 0 Å². The maximum Gasteiger partial charge on any atom is 0.263 e. The number of likely N-dealkylation sites (N-methyl/N-ethyl adjacent to an activating group) is 1. The summed E-state index contributed by atoms with van der Waals surface area (Å²) in [7, 11) is 2.22. The molecule has 5 aliphatic rings. The Hall–Kier alpha value is -0.870. The summed E-state index contributed by atoms with van der Waals surface area (Å²) in [6.07, 6.45) is 4.15. The lowest BCUT2D eigenvalue weighted by molar-refractivity contribution is -0.963. The molecule has 2 atom stereocenters.